The number of hydrogen-bond donors (Lipinski definition) is 0. The molecule has 0 aliphatic carbocycles. The summed E-state index contributed by atoms with van der Waals surface area (Å²) in [5.74, 6) is 1.03. The van der Waals surface area contributed by atoms with Crippen molar-refractivity contribution in [3.8, 4) is 5.75 Å². The van der Waals surface area contributed by atoms with Crippen LogP contribution < -0.4 is 9.64 Å². The van der Waals surface area contributed by atoms with Gasteiger partial charge in [-0.2, -0.15) is 0 Å². The van der Waals surface area contributed by atoms with Crippen molar-refractivity contribution in [1.82, 2.24) is 0 Å². The Balaban J connectivity index is 2.19. The Kier molecular flexibility index (Phi) is 3.14. The molecule has 2 nitrogen and oxygen atoms in total. The van der Waals surface area contributed by atoms with Gasteiger partial charge in [-0.25, -0.2) is 0 Å². The van der Waals surface area contributed by atoms with E-state index in [1.54, 1.807) is 0 Å². The smallest absolute Gasteiger partial charge is 0.142 e. The molecule has 2 heteroatoms. The van der Waals surface area contributed by atoms with Crippen molar-refractivity contribution in [2.45, 2.75) is 26.2 Å². The van der Waals surface area contributed by atoms with Gasteiger partial charge in [0.05, 0.1) is 12.2 Å². The van der Waals surface area contributed by atoms with E-state index in [0.29, 0.717) is 0 Å². The van der Waals surface area contributed by atoms with E-state index in [9.17, 15) is 0 Å². The van der Waals surface area contributed by atoms with Gasteiger partial charge in [0, 0.05) is 7.05 Å². The van der Waals surface area contributed by atoms with E-state index in [1.807, 2.05) is 0 Å². The molecule has 0 bridgehead atoms. The van der Waals surface area contributed by atoms with Crippen molar-refractivity contribution < 1.29 is 4.74 Å². The summed E-state index contributed by atoms with van der Waals surface area (Å²) in [5, 5.41) is 0. The Morgan fingerprint density at radius 2 is 2.27 bits per heavy atom. The lowest BCUT2D eigenvalue weighted by Crippen LogP contribution is -2.28. The van der Waals surface area contributed by atoms with Gasteiger partial charge < -0.3 is 9.64 Å². The van der Waals surface area contributed by atoms with Crippen LogP contribution in [0.2, 0.25) is 0 Å². The minimum atomic E-state index is 0.803. The van der Waals surface area contributed by atoms with Gasteiger partial charge in [0.25, 0.3) is 0 Å². The molecule has 15 heavy (non-hydrogen) atoms. The predicted molar refractivity (Wildman–Crippen MR) is 63.8 cm³/mol. The zero-order valence-corrected chi connectivity index (χ0v) is 9.62. The van der Waals surface area contributed by atoms with Crippen LogP contribution in [0.1, 0.15) is 25.3 Å². The van der Waals surface area contributed by atoms with Crippen molar-refractivity contribution in [3.63, 3.8) is 0 Å². The van der Waals surface area contributed by atoms with Crippen LogP contribution in [0.25, 0.3) is 0 Å². The topological polar surface area (TPSA) is 12.5 Å². The summed E-state index contributed by atoms with van der Waals surface area (Å²) in [4.78, 5) is 2.27. The second-order valence-corrected chi connectivity index (χ2v) is 4.18. The first kappa shape index (κ1) is 10.3. The first-order valence-corrected chi connectivity index (χ1v) is 5.78. The van der Waals surface area contributed by atoms with Gasteiger partial charge in [-0.1, -0.05) is 19.4 Å². The third kappa shape index (κ3) is 2.25. The summed E-state index contributed by atoms with van der Waals surface area (Å²) in [6, 6.07) is 6.56. The average molecular weight is 205 g/mol. The Hall–Kier alpha value is -1.18. The third-order valence-electron chi connectivity index (χ3n) is 2.94. The molecule has 0 N–H and O–H groups in total. The zero-order valence-electron chi connectivity index (χ0n) is 9.62. The maximum absolute atomic E-state index is 5.61. The molecule has 0 atom stereocenters. The van der Waals surface area contributed by atoms with Gasteiger partial charge >= 0.3 is 0 Å². The highest BCUT2D eigenvalue weighted by atomic mass is 16.5. The van der Waals surface area contributed by atoms with Crippen LogP contribution in [0.15, 0.2) is 18.2 Å². The molecule has 0 aromatic heterocycles. The number of unbranched alkanes of at least 4 members (excludes halogenated alkanes) is 1. The maximum atomic E-state index is 5.61. The molecule has 0 saturated carbocycles. The minimum absolute atomic E-state index is 0.803. The molecule has 0 amide bonds. The van der Waals surface area contributed by atoms with Crippen molar-refractivity contribution in [2.75, 3.05) is 25.1 Å². The Labute approximate surface area is 91.9 Å². The van der Waals surface area contributed by atoms with Crippen LogP contribution in [0.3, 0.4) is 0 Å². The number of likely N-dealkylation sites (N-methyl/N-ethyl adjacent to an activating group) is 1. The number of rotatable bonds is 3. The fraction of sp³-hybridized carbons (Fsp3) is 0.538. The van der Waals surface area contributed by atoms with Crippen molar-refractivity contribution >= 4 is 5.69 Å². The Bertz CT molecular complexity index is 335. The quantitative estimate of drug-likeness (QED) is 0.752. The fourth-order valence-electron chi connectivity index (χ4n) is 1.93. The standard InChI is InChI=1S/C13H19NO/c1-3-4-5-11-6-7-13-12(10-11)14(2)8-9-15-13/h6-7,10H,3-5,8-9H2,1-2H3. The first-order chi connectivity index (χ1) is 7.31. The highest BCUT2D eigenvalue weighted by Crippen LogP contribution is 2.31. The number of fused-ring (bicyclic) bond motifs is 1. The van der Waals surface area contributed by atoms with Crippen LogP contribution >= 0.6 is 0 Å². The summed E-state index contributed by atoms with van der Waals surface area (Å²) >= 11 is 0. The van der Waals surface area contributed by atoms with E-state index in [0.717, 1.165) is 18.9 Å². The highest BCUT2D eigenvalue weighted by Gasteiger charge is 2.14. The predicted octanol–water partition coefficient (Wildman–Crippen LogP) is 2.86. The van der Waals surface area contributed by atoms with E-state index in [-0.39, 0.29) is 0 Å². The minimum Gasteiger partial charge on any atom is -0.490 e. The molecular weight excluding hydrogens is 186 g/mol. The molecule has 0 unspecified atom stereocenters. The van der Waals surface area contributed by atoms with Gasteiger partial charge in [0.15, 0.2) is 0 Å². The van der Waals surface area contributed by atoms with Crippen LogP contribution in [0.5, 0.6) is 5.75 Å². The number of ether oxygens (including phenoxy) is 1. The molecule has 1 aromatic rings. The number of anilines is 1. The zero-order chi connectivity index (χ0) is 10.7. The summed E-state index contributed by atoms with van der Waals surface area (Å²) in [6.45, 7) is 4.02. The first-order valence-electron chi connectivity index (χ1n) is 5.78. The van der Waals surface area contributed by atoms with E-state index in [2.05, 4.69) is 37.1 Å². The van der Waals surface area contributed by atoms with Gasteiger partial charge in [-0.15, -0.1) is 0 Å². The highest BCUT2D eigenvalue weighted by molar-refractivity contribution is 5.60. The van der Waals surface area contributed by atoms with Gasteiger partial charge in [0.1, 0.15) is 12.4 Å². The van der Waals surface area contributed by atoms with Gasteiger partial charge in [-0.05, 0) is 30.5 Å². The second-order valence-electron chi connectivity index (χ2n) is 4.18. The molecule has 1 aromatic carbocycles. The molecule has 2 rings (SSSR count). The molecule has 1 aliphatic heterocycles. The van der Waals surface area contributed by atoms with Crippen molar-refractivity contribution in [3.05, 3.63) is 23.8 Å². The number of aryl methyl sites for hydroxylation is 1. The van der Waals surface area contributed by atoms with Gasteiger partial charge in [0.2, 0.25) is 0 Å². The molecule has 0 spiro atoms. The van der Waals surface area contributed by atoms with E-state index < -0.39 is 0 Å². The van der Waals surface area contributed by atoms with Crippen LogP contribution in [-0.2, 0) is 6.42 Å². The van der Waals surface area contributed by atoms with Crippen LogP contribution in [0.4, 0.5) is 5.69 Å². The summed E-state index contributed by atoms with van der Waals surface area (Å²) in [7, 11) is 2.13. The normalized spacial score (nSPS) is 14.7. The number of benzene rings is 1. The molecular formula is C13H19NO. The summed E-state index contributed by atoms with van der Waals surface area (Å²) in [5.41, 5.74) is 2.67. The van der Waals surface area contributed by atoms with Crippen molar-refractivity contribution in [2.24, 2.45) is 0 Å². The van der Waals surface area contributed by atoms with E-state index >= 15 is 0 Å². The monoisotopic (exact) mass is 205 g/mol. The summed E-state index contributed by atoms with van der Waals surface area (Å²) in [6.07, 6.45) is 3.70. The largest absolute Gasteiger partial charge is 0.490 e. The van der Waals surface area contributed by atoms with Crippen LogP contribution in [-0.4, -0.2) is 20.2 Å². The van der Waals surface area contributed by atoms with Crippen molar-refractivity contribution in [1.29, 1.82) is 0 Å². The lowest BCUT2D eigenvalue weighted by atomic mass is 10.1. The van der Waals surface area contributed by atoms with E-state index in [4.69, 9.17) is 4.74 Å². The SMILES string of the molecule is CCCCc1ccc2c(c1)N(C)CCO2. The molecule has 1 aliphatic rings. The summed E-state index contributed by atoms with van der Waals surface area (Å²) < 4.78 is 5.61. The molecule has 0 fully saturated rings. The molecule has 0 radical (unpaired) electrons. The number of hydrogen-bond acceptors (Lipinski definition) is 2. The fourth-order valence-corrected chi connectivity index (χ4v) is 1.93. The average Bonchev–Trinajstić information content (AvgIpc) is 2.27. The molecule has 0 saturated heterocycles. The van der Waals surface area contributed by atoms with Crippen LogP contribution in [0, 0.1) is 0 Å². The maximum Gasteiger partial charge on any atom is 0.142 e. The lowest BCUT2D eigenvalue weighted by Gasteiger charge is -2.28. The third-order valence-corrected chi connectivity index (χ3v) is 2.94. The van der Waals surface area contributed by atoms with E-state index in [1.165, 1.54) is 30.5 Å². The Morgan fingerprint density at radius 3 is 3.07 bits per heavy atom. The molecule has 1 heterocycles. The lowest BCUT2D eigenvalue weighted by molar-refractivity contribution is 0.311. The van der Waals surface area contributed by atoms with Gasteiger partial charge in [-0.3, -0.25) is 0 Å². The Morgan fingerprint density at radius 1 is 1.40 bits per heavy atom. The number of nitrogens with zero attached hydrogens (tertiary/aromatic N) is 1. The second kappa shape index (κ2) is 4.56. The molecule has 82 valence electrons.